The van der Waals surface area contributed by atoms with E-state index in [2.05, 4.69) is 37.2 Å². The van der Waals surface area contributed by atoms with Crippen LogP contribution in [0, 0.1) is 0 Å². The van der Waals surface area contributed by atoms with Crippen molar-refractivity contribution in [1.29, 1.82) is 0 Å². The Kier molecular flexibility index (Phi) is 5.81. The van der Waals surface area contributed by atoms with Gasteiger partial charge in [-0.2, -0.15) is 0 Å². The summed E-state index contributed by atoms with van der Waals surface area (Å²) in [7, 11) is 2.13. The number of benzene rings is 1. The molecule has 0 aliphatic carbocycles. The Hall–Kier alpha value is -0.570. The molecule has 90 valence electrons. The molecule has 1 N–H and O–H groups in total. The van der Waals surface area contributed by atoms with Gasteiger partial charge in [0.1, 0.15) is 0 Å². The Bertz CT molecular complexity index is 315. The smallest absolute Gasteiger partial charge is 0.0451 e. The highest BCUT2D eigenvalue weighted by Crippen LogP contribution is 2.17. The zero-order valence-corrected chi connectivity index (χ0v) is 11.1. The molecule has 0 saturated heterocycles. The maximum Gasteiger partial charge on any atom is 0.0451 e. The summed E-state index contributed by atoms with van der Waals surface area (Å²) in [5.41, 5.74) is 1.19. The lowest BCUT2D eigenvalue weighted by Crippen LogP contribution is -2.37. The Morgan fingerprint density at radius 3 is 2.69 bits per heavy atom. The number of nitrogens with one attached hydrogen (secondary N) is 1. The molecule has 2 nitrogen and oxygen atoms in total. The standard InChI is InChI=1S/C13H21ClN2/c1-4-15-9-11(2)16(3)10-12-7-5-6-8-13(12)14/h5-8,11,15H,4,9-10H2,1-3H3. The number of rotatable bonds is 6. The lowest BCUT2D eigenvalue weighted by molar-refractivity contribution is 0.244. The molecule has 0 aliphatic rings. The van der Waals surface area contributed by atoms with Crippen LogP contribution in [0.15, 0.2) is 24.3 Å². The second kappa shape index (κ2) is 6.89. The van der Waals surface area contributed by atoms with Gasteiger partial charge in [0.05, 0.1) is 0 Å². The van der Waals surface area contributed by atoms with Crippen molar-refractivity contribution < 1.29 is 0 Å². The van der Waals surface area contributed by atoms with Gasteiger partial charge in [0.2, 0.25) is 0 Å². The molecule has 1 aromatic rings. The third-order valence-corrected chi connectivity index (χ3v) is 3.19. The number of likely N-dealkylation sites (N-methyl/N-ethyl adjacent to an activating group) is 2. The molecule has 0 spiro atoms. The molecule has 0 amide bonds. The van der Waals surface area contributed by atoms with Gasteiger partial charge in [-0.05, 0) is 32.1 Å². The molecular formula is C13H21ClN2. The van der Waals surface area contributed by atoms with Crippen LogP contribution in [-0.2, 0) is 6.54 Å². The van der Waals surface area contributed by atoms with E-state index in [1.807, 2.05) is 18.2 Å². The average molecular weight is 241 g/mol. The lowest BCUT2D eigenvalue weighted by Gasteiger charge is -2.25. The van der Waals surface area contributed by atoms with Crippen molar-refractivity contribution in [2.75, 3.05) is 20.1 Å². The average Bonchev–Trinajstić information content (AvgIpc) is 2.28. The second-order valence-corrected chi connectivity index (χ2v) is 4.57. The minimum absolute atomic E-state index is 0.510. The summed E-state index contributed by atoms with van der Waals surface area (Å²) < 4.78 is 0. The highest BCUT2D eigenvalue weighted by atomic mass is 35.5. The van der Waals surface area contributed by atoms with Gasteiger partial charge in [0, 0.05) is 24.2 Å². The van der Waals surface area contributed by atoms with E-state index in [9.17, 15) is 0 Å². The Morgan fingerprint density at radius 2 is 2.06 bits per heavy atom. The van der Waals surface area contributed by atoms with Crippen LogP contribution in [0.2, 0.25) is 5.02 Å². The van der Waals surface area contributed by atoms with Crippen molar-refractivity contribution >= 4 is 11.6 Å². The van der Waals surface area contributed by atoms with E-state index >= 15 is 0 Å². The van der Waals surface area contributed by atoms with Crippen LogP contribution in [0.25, 0.3) is 0 Å². The Balaban J connectivity index is 2.50. The summed E-state index contributed by atoms with van der Waals surface area (Å²) in [4.78, 5) is 2.31. The van der Waals surface area contributed by atoms with E-state index in [4.69, 9.17) is 11.6 Å². The van der Waals surface area contributed by atoms with Crippen LogP contribution in [0.5, 0.6) is 0 Å². The minimum Gasteiger partial charge on any atom is -0.315 e. The molecule has 0 fully saturated rings. The molecule has 1 rings (SSSR count). The number of halogens is 1. The molecule has 1 atom stereocenters. The van der Waals surface area contributed by atoms with Crippen molar-refractivity contribution in [3.63, 3.8) is 0 Å². The maximum absolute atomic E-state index is 6.14. The third-order valence-electron chi connectivity index (χ3n) is 2.82. The fraction of sp³-hybridized carbons (Fsp3) is 0.538. The fourth-order valence-electron chi connectivity index (χ4n) is 1.56. The first-order valence-electron chi connectivity index (χ1n) is 5.79. The van der Waals surface area contributed by atoms with Crippen LogP contribution in [0.3, 0.4) is 0 Å². The van der Waals surface area contributed by atoms with Crippen molar-refractivity contribution in [1.82, 2.24) is 10.2 Å². The molecule has 0 bridgehead atoms. The number of nitrogens with zero attached hydrogens (tertiary/aromatic N) is 1. The van der Waals surface area contributed by atoms with Gasteiger partial charge in [-0.1, -0.05) is 36.7 Å². The summed E-state index contributed by atoms with van der Waals surface area (Å²) in [5.74, 6) is 0. The first-order chi connectivity index (χ1) is 7.65. The van der Waals surface area contributed by atoms with E-state index in [-0.39, 0.29) is 0 Å². The van der Waals surface area contributed by atoms with E-state index < -0.39 is 0 Å². The Labute approximate surface area is 104 Å². The molecule has 0 aromatic heterocycles. The van der Waals surface area contributed by atoms with Crippen LogP contribution in [0.1, 0.15) is 19.4 Å². The van der Waals surface area contributed by atoms with Crippen LogP contribution in [-0.4, -0.2) is 31.1 Å². The minimum atomic E-state index is 0.510. The molecule has 3 heteroatoms. The topological polar surface area (TPSA) is 15.3 Å². The third kappa shape index (κ3) is 4.12. The monoisotopic (exact) mass is 240 g/mol. The van der Waals surface area contributed by atoms with Gasteiger partial charge < -0.3 is 5.32 Å². The van der Waals surface area contributed by atoms with Crippen LogP contribution < -0.4 is 5.32 Å². The summed E-state index contributed by atoms with van der Waals surface area (Å²) in [6.07, 6.45) is 0. The van der Waals surface area contributed by atoms with Gasteiger partial charge >= 0.3 is 0 Å². The maximum atomic E-state index is 6.14. The zero-order valence-electron chi connectivity index (χ0n) is 10.3. The molecule has 1 unspecified atom stereocenters. The normalized spacial score (nSPS) is 13.1. The van der Waals surface area contributed by atoms with Gasteiger partial charge in [-0.15, -0.1) is 0 Å². The van der Waals surface area contributed by atoms with Crippen molar-refractivity contribution in [3.8, 4) is 0 Å². The number of hydrogen-bond acceptors (Lipinski definition) is 2. The number of hydrogen-bond donors (Lipinski definition) is 1. The summed E-state index contributed by atoms with van der Waals surface area (Å²) in [6.45, 7) is 7.27. The predicted molar refractivity (Wildman–Crippen MR) is 70.9 cm³/mol. The zero-order chi connectivity index (χ0) is 12.0. The van der Waals surface area contributed by atoms with Crippen LogP contribution in [0.4, 0.5) is 0 Å². The quantitative estimate of drug-likeness (QED) is 0.823. The van der Waals surface area contributed by atoms with Crippen molar-refractivity contribution in [2.24, 2.45) is 0 Å². The van der Waals surface area contributed by atoms with E-state index in [0.29, 0.717) is 6.04 Å². The molecule has 0 aliphatic heterocycles. The SMILES string of the molecule is CCNCC(C)N(C)Cc1ccccc1Cl. The van der Waals surface area contributed by atoms with E-state index in [1.165, 1.54) is 5.56 Å². The van der Waals surface area contributed by atoms with Crippen molar-refractivity contribution in [2.45, 2.75) is 26.4 Å². The first-order valence-corrected chi connectivity index (χ1v) is 6.17. The van der Waals surface area contributed by atoms with Gasteiger partial charge in [-0.3, -0.25) is 4.90 Å². The summed E-state index contributed by atoms with van der Waals surface area (Å²) in [5, 5.41) is 4.21. The molecule has 0 radical (unpaired) electrons. The fourth-order valence-corrected chi connectivity index (χ4v) is 1.76. The predicted octanol–water partition coefficient (Wildman–Crippen LogP) is 2.77. The van der Waals surface area contributed by atoms with E-state index in [0.717, 1.165) is 24.7 Å². The first kappa shape index (κ1) is 13.5. The largest absolute Gasteiger partial charge is 0.315 e. The van der Waals surface area contributed by atoms with Crippen LogP contribution >= 0.6 is 11.6 Å². The molecule has 1 aromatic carbocycles. The van der Waals surface area contributed by atoms with Gasteiger partial charge in [0.25, 0.3) is 0 Å². The highest BCUT2D eigenvalue weighted by molar-refractivity contribution is 6.31. The summed E-state index contributed by atoms with van der Waals surface area (Å²) >= 11 is 6.14. The Morgan fingerprint density at radius 1 is 1.38 bits per heavy atom. The molecule has 0 saturated carbocycles. The molecule has 16 heavy (non-hydrogen) atoms. The molecule has 0 heterocycles. The van der Waals surface area contributed by atoms with Crippen molar-refractivity contribution in [3.05, 3.63) is 34.9 Å². The van der Waals surface area contributed by atoms with Gasteiger partial charge in [0.15, 0.2) is 0 Å². The highest BCUT2D eigenvalue weighted by Gasteiger charge is 2.10. The lowest BCUT2D eigenvalue weighted by atomic mass is 10.2. The van der Waals surface area contributed by atoms with E-state index in [1.54, 1.807) is 0 Å². The van der Waals surface area contributed by atoms with Gasteiger partial charge in [-0.25, -0.2) is 0 Å². The second-order valence-electron chi connectivity index (χ2n) is 4.16. The summed E-state index contributed by atoms with van der Waals surface area (Å²) in [6, 6.07) is 8.53. The molecular weight excluding hydrogens is 220 g/mol.